The predicted octanol–water partition coefficient (Wildman–Crippen LogP) is 1.11. The number of aromatic nitrogens is 3. The third kappa shape index (κ3) is 4.33. The molecule has 0 bridgehead atoms. The Balaban J connectivity index is 1.70. The van der Waals surface area contributed by atoms with E-state index in [9.17, 15) is 9.59 Å². The average molecular weight is 371 g/mol. The molecule has 0 saturated carbocycles. The second-order valence-corrected chi connectivity index (χ2v) is 6.73. The zero-order valence-electron chi connectivity index (χ0n) is 15.9. The minimum Gasteiger partial charge on any atom is -0.383 e. The van der Waals surface area contributed by atoms with Gasteiger partial charge in [0.1, 0.15) is 5.82 Å². The largest absolute Gasteiger partial charge is 0.383 e. The second kappa shape index (κ2) is 8.30. The fourth-order valence-corrected chi connectivity index (χ4v) is 3.27. The molecule has 2 aromatic heterocycles. The molecule has 0 spiro atoms. The first-order chi connectivity index (χ1) is 13.0. The number of pyridine rings is 1. The summed E-state index contributed by atoms with van der Waals surface area (Å²) in [6.45, 7) is 6.08. The number of imidazole rings is 1. The molecule has 1 N–H and O–H groups in total. The number of nitrogens with one attached hydrogen (secondary N) is 1. The Labute approximate surface area is 158 Å². The van der Waals surface area contributed by atoms with Crippen molar-refractivity contribution in [3.05, 3.63) is 47.3 Å². The number of methoxy groups -OCH3 is 1. The van der Waals surface area contributed by atoms with E-state index in [0.717, 1.165) is 11.4 Å². The molecule has 8 nitrogen and oxygen atoms in total. The van der Waals surface area contributed by atoms with Gasteiger partial charge in [-0.25, -0.2) is 4.98 Å². The van der Waals surface area contributed by atoms with Crippen molar-refractivity contribution in [3.8, 4) is 0 Å². The van der Waals surface area contributed by atoms with Gasteiger partial charge in [0.15, 0.2) is 0 Å². The standard InChI is InChI=1S/C19H25N5O3/c1-13-8-15(11-20-10-13)19(26)24-6-5-23-12-16(22-18(23)14(24)2)9-17(25)21-4-7-27-3/h8,10-12,14H,4-7,9H2,1-3H3,(H,21,25)/t14-/m0/s1. The second-order valence-electron chi connectivity index (χ2n) is 6.73. The SMILES string of the molecule is COCCNC(=O)Cc1cn2c(n1)[C@H](C)N(C(=O)c1cncc(C)c1)CC2. The number of aryl methyl sites for hydroxylation is 1. The Kier molecular flexibility index (Phi) is 5.85. The third-order valence-electron chi connectivity index (χ3n) is 4.63. The average Bonchev–Trinajstić information content (AvgIpc) is 3.05. The Morgan fingerprint density at radius 2 is 2.15 bits per heavy atom. The number of amides is 2. The quantitative estimate of drug-likeness (QED) is 0.769. The van der Waals surface area contributed by atoms with Gasteiger partial charge in [0.05, 0.1) is 30.3 Å². The summed E-state index contributed by atoms with van der Waals surface area (Å²) in [6.07, 6.45) is 5.44. The van der Waals surface area contributed by atoms with Crippen LogP contribution in [0.2, 0.25) is 0 Å². The van der Waals surface area contributed by atoms with Crippen LogP contribution in [0.1, 0.15) is 40.4 Å². The molecule has 1 aliphatic heterocycles. The van der Waals surface area contributed by atoms with E-state index in [1.54, 1.807) is 24.4 Å². The predicted molar refractivity (Wildman–Crippen MR) is 99.2 cm³/mol. The third-order valence-corrected chi connectivity index (χ3v) is 4.63. The smallest absolute Gasteiger partial charge is 0.256 e. The van der Waals surface area contributed by atoms with Crippen LogP contribution in [0.25, 0.3) is 0 Å². The van der Waals surface area contributed by atoms with Crippen LogP contribution in [0.3, 0.4) is 0 Å². The van der Waals surface area contributed by atoms with Crippen LogP contribution < -0.4 is 5.32 Å². The van der Waals surface area contributed by atoms with Crippen LogP contribution >= 0.6 is 0 Å². The van der Waals surface area contributed by atoms with Crippen molar-refractivity contribution in [2.45, 2.75) is 32.9 Å². The number of ether oxygens (including phenoxy) is 1. The van der Waals surface area contributed by atoms with E-state index in [1.165, 1.54) is 0 Å². The summed E-state index contributed by atoms with van der Waals surface area (Å²) in [5.41, 5.74) is 2.24. The zero-order valence-corrected chi connectivity index (χ0v) is 15.9. The Morgan fingerprint density at radius 1 is 1.33 bits per heavy atom. The first-order valence-electron chi connectivity index (χ1n) is 9.03. The Hall–Kier alpha value is -2.74. The molecule has 2 aromatic rings. The molecule has 0 unspecified atom stereocenters. The molecule has 0 aliphatic carbocycles. The van der Waals surface area contributed by atoms with Gasteiger partial charge in [0, 0.05) is 45.3 Å². The lowest BCUT2D eigenvalue weighted by Crippen LogP contribution is -2.41. The van der Waals surface area contributed by atoms with Gasteiger partial charge in [-0.3, -0.25) is 14.6 Å². The van der Waals surface area contributed by atoms with Gasteiger partial charge < -0.3 is 19.5 Å². The van der Waals surface area contributed by atoms with Crippen LogP contribution in [-0.2, 0) is 22.5 Å². The highest BCUT2D eigenvalue weighted by Crippen LogP contribution is 2.26. The zero-order chi connectivity index (χ0) is 19.4. The number of nitrogens with zero attached hydrogens (tertiary/aromatic N) is 4. The molecule has 0 fully saturated rings. The van der Waals surface area contributed by atoms with E-state index in [1.807, 2.05) is 30.7 Å². The lowest BCUT2D eigenvalue weighted by Gasteiger charge is -2.33. The lowest BCUT2D eigenvalue weighted by molar-refractivity contribution is -0.120. The lowest BCUT2D eigenvalue weighted by atomic mass is 10.1. The van der Waals surface area contributed by atoms with Crippen molar-refractivity contribution in [3.63, 3.8) is 0 Å². The van der Waals surface area contributed by atoms with Gasteiger partial charge in [0.25, 0.3) is 5.91 Å². The number of rotatable bonds is 6. The van der Waals surface area contributed by atoms with Crippen molar-refractivity contribution in [1.82, 2.24) is 24.8 Å². The minimum absolute atomic E-state index is 0.0493. The van der Waals surface area contributed by atoms with Crippen molar-refractivity contribution in [1.29, 1.82) is 0 Å². The van der Waals surface area contributed by atoms with Crippen molar-refractivity contribution >= 4 is 11.8 Å². The fourth-order valence-electron chi connectivity index (χ4n) is 3.27. The van der Waals surface area contributed by atoms with Gasteiger partial charge in [-0.05, 0) is 25.5 Å². The summed E-state index contributed by atoms with van der Waals surface area (Å²) in [5.74, 6) is 0.663. The Morgan fingerprint density at radius 3 is 2.89 bits per heavy atom. The monoisotopic (exact) mass is 371 g/mol. The van der Waals surface area contributed by atoms with Crippen LogP contribution in [0.15, 0.2) is 24.7 Å². The highest BCUT2D eigenvalue weighted by atomic mass is 16.5. The summed E-state index contributed by atoms with van der Waals surface area (Å²) in [7, 11) is 1.59. The summed E-state index contributed by atoms with van der Waals surface area (Å²) >= 11 is 0. The van der Waals surface area contributed by atoms with Crippen molar-refractivity contribution in [2.75, 3.05) is 26.8 Å². The van der Waals surface area contributed by atoms with E-state index >= 15 is 0 Å². The highest BCUT2D eigenvalue weighted by Gasteiger charge is 2.30. The van der Waals surface area contributed by atoms with E-state index in [-0.39, 0.29) is 24.3 Å². The van der Waals surface area contributed by atoms with E-state index in [4.69, 9.17) is 4.74 Å². The fraction of sp³-hybridized carbons (Fsp3) is 0.474. The van der Waals surface area contributed by atoms with Gasteiger partial charge in [-0.15, -0.1) is 0 Å². The summed E-state index contributed by atoms with van der Waals surface area (Å²) in [4.78, 5) is 35.4. The number of fused-ring (bicyclic) bond motifs is 1. The normalized spacial score (nSPS) is 16.1. The van der Waals surface area contributed by atoms with Crippen LogP contribution in [0, 0.1) is 6.92 Å². The molecule has 8 heteroatoms. The molecule has 0 aromatic carbocycles. The molecule has 1 atom stereocenters. The number of carbonyl (C=O) groups is 2. The molecule has 144 valence electrons. The van der Waals surface area contributed by atoms with E-state index < -0.39 is 0 Å². The molecule has 27 heavy (non-hydrogen) atoms. The van der Waals surface area contributed by atoms with Gasteiger partial charge in [-0.2, -0.15) is 0 Å². The maximum atomic E-state index is 12.9. The molecular formula is C19H25N5O3. The van der Waals surface area contributed by atoms with Gasteiger partial charge in [-0.1, -0.05) is 0 Å². The molecule has 3 heterocycles. The summed E-state index contributed by atoms with van der Waals surface area (Å²) < 4.78 is 6.95. The number of hydrogen-bond donors (Lipinski definition) is 1. The summed E-state index contributed by atoms with van der Waals surface area (Å²) in [5, 5.41) is 2.79. The van der Waals surface area contributed by atoms with Gasteiger partial charge >= 0.3 is 0 Å². The topological polar surface area (TPSA) is 89.4 Å². The molecule has 0 saturated heterocycles. The van der Waals surface area contributed by atoms with E-state index in [2.05, 4.69) is 15.3 Å². The van der Waals surface area contributed by atoms with Gasteiger partial charge in [0.2, 0.25) is 5.91 Å². The first-order valence-corrected chi connectivity index (χ1v) is 9.03. The van der Waals surface area contributed by atoms with Crippen molar-refractivity contribution in [2.24, 2.45) is 0 Å². The van der Waals surface area contributed by atoms with Crippen molar-refractivity contribution < 1.29 is 14.3 Å². The Bertz CT molecular complexity index is 833. The minimum atomic E-state index is -0.169. The molecular weight excluding hydrogens is 346 g/mol. The maximum absolute atomic E-state index is 12.9. The molecule has 3 rings (SSSR count). The number of carbonyl (C=O) groups excluding carboxylic acids is 2. The first kappa shape index (κ1) is 19.0. The molecule has 2 amide bonds. The molecule has 1 aliphatic rings. The highest BCUT2D eigenvalue weighted by molar-refractivity contribution is 5.94. The van der Waals surface area contributed by atoms with Crippen LogP contribution in [0.4, 0.5) is 0 Å². The molecule has 0 radical (unpaired) electrons. The van der Waals surface area contributed by atoms with E-state index in [0.29, 0.717) is 37.5 Å². The maximum Gasteiger partial charge on any atom is 0.256 e. The van der Waals surface area contributed by atoms with Crippen LogP contribution in [-0.4, -0.2) is 58.1 Å². The number of hydrogen-bond acceptors (Lipinski definition) is 5. The van der Waals surface area contributed by atoms with Crippen LogP contribution in [0.5, 0.6) is 0 Å². The summed E-state index contributed by atoms with van der Waals surface area (Å²) in [6, 6.07) is 1.68.